The van der Waals surface area contributed by atoms with Crippen LogP contribution in [0.15, 0.2) is 0 Å². The van der Waals surface area contributed by atoms with Crippen LogP contribution in [0.2, 0.25) is 0 Å². The van der Waals surface area contributed by atoms with E-state index < -0.39 is 0 Å². The summed E-state index contributed by atoms with van der Waals surface area (Å²) in [7, 11) is 0. The number of ether oxygens (including phenoxy) is 1. The highest BCUT2D eigenvalue weighted by molar-refractivity contribution is 5.95. The molecule has 0 aromatic carbocycles. The Morgan fingerprint density at radius 1 is 1.23 bits per heavy atom. The lowest BCUT2D eigenvalue weighted by atomic mass is 10.1. The summed E-state index contributed by atoms with van der Waals surface area (Å²) in [6.45, 7) is 1.88. The zero-order valence-corrected chi connectivity index (χ0v) is 8.04. The predicted octanol–water partition coefficient (Wildman–Crippen LogP) is 1.84. The van der Waals surface area contributed by atoms with E-state index in [1.165, 1.54) is 0 Å². The molecule has 0 aliphatic carbocycles. The van der Waals surface area contributed by atoms with Crippen LogP contribution in [-0.2, 0) is 14.3 Å². The van der Waals surface area contributed by atoms with E-state index in [2.05, 4.69) is 0 Å². The van der Waals surface area contributed by atoms with Crippen molar-refractivity contribution in [3.8, 4) is 0 Å². The number of hydrogen-bond acceptors (Lipinski definition) is 3. The molecule has 1 aliphatic rings. The molecule has 3 heteroatoms. The summed E-state index contributed by atoms with van der Waals surface area (Å²) in [4.78, 5) is 22.2. The van der Waals surface area contributed by atoms with E-state index >= 15 is 0 Å². The molecule has 1 atom stereocenters. The normalized spacial score (nSPS) is 26.7. The van der Waals surface area contributed by atoms with Crippen molar-refractivity contribution < 1.29 is 14.3 Å². The van der Waals surface area contributed by atoms with Gasteiger partial charge in [0.1, 0.15) is 12.2 Å². The molecule has 1 heterocycles. The molecular weight excluding hydrogens is 168 g/mol. The van der Waals surface area contributed by atoms with Gasteiger partial charge in [-0.25, -0.2) is 0 Å². The maximum absolute atomic E-state index is 11.1. The van der Waals surface area contributed by atoms with Crippen molar-refractivity contribution in [3.05, 3.63) is 0 Å². The van der Waals surface area contributed by atoms with Crippen molar-refractivity contribution in [3.63, 3.8) is 0 Å². The molecule has 1 unspecified atom stereocenters. The molecule has 3 nitrogen and oxygen atoms in total. The van der Waals surface area contributed by atoms with Gasteiger partial charge in [-0.3, -0.25) is 9.59 Å². The number of ketones is 1. The van der Waals surface area contributed by atoms with Crippen LogP contribution in [0, 0.1) is 0 Å². The molecule has 0 amide bonds. The lowest BCUT2D eigenvalue weighted by Crippen LogP contribution is -2.18. The molecule has 0 aromatic rings. The highest BCUT2D eigenvalue weighted by Crippen LogP contribution is 2.12. The Kier molecular flexibility index (Phi) is 3.93. The van der Waals surface area contributed by atoms with E-state index in [-0.39, 0.29) is 24.3 Å². The van der Waals surface area contributed by atoms with E-state index in [0.29, 0.717) is 6.42 Å². The lowest BCUT2D eigenvalue weighted by Gasteiger charge is -2.14. The van der Waals surface area contributed by atoms with Gasteiger partial charge in [-0.2, -0.15) is 0 Å². The van der Waals surface area contributed by atoms with Gasteiger partial charge in [0, 0.05) is 6.42 Å². The van der Waals surface area contributed by atoms with Crippen LogP contribution in [0.25, 0.3) is 0 Å². The molecule has 0 radical (unpaired) electrons. The van der Waals surface area contributed by atoms with Crippen LogP contribution >= 0.6 is 0 Å². The maximum Gasteiger partial charge on any atom is 0.313 e. The van der Waals surface area contributed by atoms with Gasteiger partial charge in [0.05, 0.1) is 6.10 Å². The third kappa shape index (κ3) is 4.06. The van der Waals surface area contributed by atoms with Gasteiger partial charge >= 0.3 is 5.97 Å². The van der Waals surface area contributed by atoms with Crippen molar-refractivity contribution in [1.29, 1.82) is 0 Å². The zero-order chi connectivity index (χ0) is 9.68. The van der Waals surface area contributed by atoms with Crippen LogP contribution in [0.1, 0.15) is 45.4 Å². The summed E-state index contributed by atoms with van der Waals surface area (Å²) in [5, 5.41) is 0. The molecule has 1 fully saturated rings. The number of rotatable bonds is 0. The Bertz CT molecular complexity index is 198. The monoisotopic (exact) mass is 184 g/mol. The average Bonchev–Trinajstić information content (AvgIpc) is 2.02. The fraction of sp³-hybridized carbons (Fsp3) is 0.800. The van der Waals surface area contributed by atoms with E-state index in [0.717, 1.165) is 25.7 Å². The third-order valence-corrected chi connectivity index (χ3v) is 2.24. The standard InChI is InChI=1S/C10H16O3/c1-8-5-3-2-4-6-9(11)7-10(12)13-8/h8H,2-7H2,1H3. The van der Waals surface area contributed by atoms with Gasteiger partial charge in [0.2, 0.25) is 0 Å². The van der Waals surface area contributed by atoms with Crippen LogP contribution in [0.4, 0.5) is 0 Å². The number of carbonyl (C=O) groups is 2. The molecule has 0 spiro atoms. The molecule has 74 valence electrons. The molecule has 1 saturated heterocycles. The minimum atomic E-state index is -0.362. The molecule has 1 aliphatic heterocycles. The average molecular weight is 184 g/mol. The highest BCUT2D eigenvalue weighted by atomic mass is 16.5. The summed E-state index contributed by atoms with van der Waals surface area (Å²) < 4.78 is 5.04. The van der Waals surface area contributed by atoms with Crippen molar-refractivity contribution in [2.24, 2.45) is 0 Å². The quantitative estimate of drug-likeness (QED) is 0.426. The molecule has 0 saturated carbocycles. The van der Waals surface area contributed by atoms with Crippen molar-refractivity contribution in [2.75, 3.05) is 0 Å². The van der Waals surface area contributed by atoms with E-state index in [1.54, 1.807) is 0 Å². The highest BCUT2D eigenvalue weighted by Gasteiger charge is 2.15. The fourth-order valence-corrected chi connectivity index (χ4v) is 1.51. The fourth-order valence-electron chi connectivity index (χ4n) is 1.51. The minimum Gasteiger partial charge on any atom is -0.462 e. The predicted molar refractivity (Wildman–Crippen MR) is 48.3 cm³/mol. The van der Waals surface area contributed by atoms with Gasteiger partial charge in [-0.15, -0.1) is 0 Å². The first-order chi connectivity index (χ1) is 6.18. The number of esters is 1. The summed E-state index contributed by atoms with van der Waals surface area (Å²) >= 11 is 0. The SMILES string of the molecule is CC1CCCCCC(=O)CC(=O)O1. The molecule has 0 N–H and O–H groups in total. The summed E-state index contributed by atoms with van der Waals surface area (Å²) in [6, 6.07) is 0. The Morgan fingerprint density at radius 3 is 2.77 bits per heavy atom. The maximum atomic E-state index is 11.1. The van der Waals surface area contributed by atoms with Crippen LogP contribution < -0.4 is 0 Å². The Hall–Kier alpha value is -0.860. The summed E-state index contributed by atoms with van der Waals surface area (Å²) in [5.41, 5.74) is 0. The first kappa shape index (κ1) is 10.2. The van der Waals surface area contributed by atoms with Gasteiger partial charge in [0.25, 0.3) is 0 Å². The summed E-state index contributed by atoms with van der Waals surface area (Å²) in [6.07, 6.45) is 4.40. The van der Waals surface area contributed by atoms with Crippen molar-refractivity contribution in [2.45, 2.75) is 51.6 Å². The zero-order valence-electron chi connectivity index (χ0n) is 8.04. The first-order valence-corrected chi connectivity index (χ1v) is 4.89. The van der Waals surface area contributed by atoms with Gasteiger partial charge in [0.15, 0.2) is 0 Å². The number of hydrogen-bond donors (Lipinski definition) is 0. The number of Topliss-reactive ketones (excluding diaryl/α,β-unsaturated/α-hetero) is 1. The van der Waals surface area contributed by atoms with Crippen LogP contribution in [-0.4, -0.2) is 17.9 Å². The Morgan fingerprint density at radius 2 is 2.00 bits per heavy atom. The second-order valence-corrected chi connectivity index (χ2v) is 3.62. The van der Waals surface area contributed by atoms with E-state index in [9.17, 15) is 9.59 Å². The number of carbonyl (C=O) groups excluding carboxylic acids is 2. The number of cyclic esters (lactones) is 1. The molecule has 1 rings (SSSR count). The van der Waals surface area contributed by atoms with Gasteiger partial charge in [-0.1, -0.05) is 6.42 Å². The largest absolute Gasteiger partial charge is 0.462 e. The first-order valence-electron chi connectivity index (χ1n) is 4.89. The molecule has 13 heavy (non-hydrogen) atoms. The topological polar surface area (TPSA) is 43.4 Å². The summed E-state index contributed by atoms with van der Waals surface area (Å²) in [5.74, 6) is -0.349. The Labute approximate surface area is 78.5 Å². The molecule has 0 aromatic heterocycles. The van der Waals surface area contributed by atoms with Crippen molar-refractivity contribution in [1.82, 2.24) is 0 Å². The van der Waals surface area contributed by atoms with E-state index in [1.807, 2.05) is 6.92 Å². The second kappa shape index (κ2) is 5.00. The lowest BCUT2D eigenvalue weighted by molar-refractivity contribution is -0.150. The Balaban J connectivity index is 2.44. The van der Waals surface area contributed by atoms with E-state index in [4.69, 9.17) is 4.74 Å². The third-order valence-electron chi connectivity index (χ3n) is 2.24. The molecular formula is C10H16O3. The van der Waals surface area contributed by atoms with Gasteiger partial charge in [-0.05, 0) is 26.2 Å². The minimum absolute atomic E-state index is 0.0131. The van der Waals surface area contributed by atoms with Crippen molar-refractivity contribution >= 4 is 11.8 Å². The smallest absolute Gasteiger partial charge is 0.313 e. The molecule has 0 bridgehead atoms. The van der Waals surface area contributed by atoms with Crippen LogP contribution in [0.3, 0.4) is 0 Å². The van der Waals surface area contributed by atoms with Gasteiger partial charge < -0.3 is 4.74 Å². The van der Waals surface area contributed by atoms with Crippen LogP contribution in [0.5, 0.6) is 0 Å². The second-order valence-electron chi connectivity index (χ2n) is 3.62.